The second kappa shape index (κ2) is 11.8. The molecule has 5 N–H and O–H groups in total. The first-order valence-electron chi connectivity index (χ1n) is 11.7. The number of carbonyl (C=O) groups is 3. The molecule has 2 aliphatic heterocycles. The molecule has 4 amide bonds. The molecule has 35 heavy (non-hydrogen) atoms. The Morgan fingerprint density at radius 1 is 1.17 bits per heavy atom. The van der Waals surface area contributed by atoms with Gasteiger partial charge in [-0.3, -0.25) is 9.59 Å². The predicted molar refractivity (Wildman–Crippen MR) is 137 cm³/mol. The van der Waals surface area contributed by atoms with Crippen molar-refractivity contribution in [1.29, 1.82) is 0 Å². The zero-order valence-electron chi connectivity index (χ0n) is 19.3. The minimum absolute atomic E-state index is 0.0802. The van der Waals surface area contributed by atoms with E-state index in [1.54, 1.807) is 6.20 Å². The number of benzene rings is 1. The molecular formula is C23H29BrN8O3. The predicted octanol–water partition coefficient (Wildman–Crippen LogP) is 2.81. The van der Waals surface area contributed by atoms with Gasteiger partial charge in [0.25, 0.3) is 0 Å². The maximum Gasteiger partial charge on any atom is 0.321 e. The van der Waals surface area contributed by atoms with Crippen molar-refractivity contribution in [2.75, 3.05) is 42.1 Å². The van der Waals surface area contributed by atoms with Gasteiger partial charge < -0.3 is 31.5 Å². The summed E-state index contributed by atoms with van der Waals surface area (Å²) >= 11 is 3.45. The summed E-state index contributed by atoms with van der Waals surface area (Å²) in [5.41, 5.74) is 1.45. The van der Waals surface area contributed by atoms with Gasteiger partial charge in [0.05, 0.1) is 4.47 Å². The molecule has 1 atom stereocenters. The first-order valence-corrected chi connectivity index (χ1v) is 12.5. The van der Waals surface area contributed by atoms with Gasteiger partial charge in [-0.05, 0) is 59.8 Å². The van der Waals surface area contributed by atoms with Gasteiger partial charge in [-0.15, -0.1) is 0 Å². The van der Waals surface area contributed by atoms with Gasteiger partial charge in [0.1, 0.15) is 11.9 Å². The topological polar surface area (TPSA) is 140 Å². The fourth-order valence-corrected chi connectivity index (χ4v) is 4.25. The summed E-state index contributed by atoms with van der Waals surface area (Å²) in [6.45, 7) is 2.65. The zero-order valence-corrected chi connectivity index (χ0v) is 20.9. The fraction of sp³-hybridized carbons (Fsp3) is 0.435. The van der Waals surface area contributed by atoms with Crippen molar-refractivity contribution in [2.24, 2.45) is 0 Å². The number of halogens is 1. The van der Waals surface area contributed by atoms with Crippen LogP contribution in [-0.4, -0.2) is 64.9 Å². The van der Waals surface area contributed by atoms with Crippen molar-refractivity contribution in [1.82, 2.24) is 25.5 Å². The van der Waals surface area contributed by atoms with E-state index in [0.29, 0.717) is 54.3 Å². The summed E-state index contributed by atoms with van der Waals surface area (Å²) in [4.78, 5) is 46.3. The quantitative estimate of drug-likeness (QED) is 0.305. The van der Waals surface area contributed by atoms with E-state index in [9.17, 15) is 14.4 Å². The van der Waals surface area contributed by atoms with Crippen molar-refractivity contribution in [3.63, 3.8) is 0 Å². The second-order valence-corrected chi connectivity index (χ2v) is 9.30. The number of likely N-dealkylation sites (tertiary alicyclic amines) is 1. The van der Waals surface area contributed by atoms with Crippen LogP contribution in [-0.2, 0) is 9.59 Å². The van der Waals surface area contributed by atoms with Gasteiger partial charge in [-0.1, -0.05) is 6.07 Å². The van der Waals surface area contributed by atoms with Crippen LogP contribution in [0, 0.1) is 0 Å². The molecule has 2 aliphatic rings. The van der Waals surface area contributed by atoms with Crippen molar-refractivity contribution in [3.8, 4) is 0 Å². The van der Waals surface area contributed by atoms with Gasteiger partial charge in [0.2, 0.25) is 17.8 Å². The highest BCUT2D eigenvalue weighted by atomic mass is 79.9. The molecule has 1 aromatic carbocycles. The van der Waals surface area contributed by atoms with E-state index in [1.165, 1.54) is 0 Å². The number of carbonyl (C=O) groups excluding carboxylic acids is 3. The zero-order chi connectivity index (χ0) is 24.6. The Balaban J connectivity index is 1.25. The number of hydrogen-bond acceptors (Lipinski definition) is 7. The average Bonchev–Trinajstić information content (AvgIpc) is 3.53. The minimum atomic E-state index is -0.424. The molecule has 2 fully saturated rings. The monoisotopic (exact) mass is 544 g/mol. The van der Waals surface area contributed by atoms with Crippen molar-refractivity contribution >= 4 is 56.9 Å². The van der Waals surface area contributed by atoms with Gasteiger partial charge in [-0.2, -0.15) is 4.98 Å². The Bertz CT molecular complexity index is 1080. The summed E-state index contributed by atoms with van der Waals surface area (Å²) in [5, 5.41) is 14.8. The van der Waals surface area contributed by atoms with E-state index in [1.807, 2.05) is 29.2 Å². The number of rotatable bonds is 9. The van der Waals surface area contributed by atoms with Crippen molar-refractivity contribution in [3.05, 3.63) is 34.9 Å². The van der Waals surface area contributed by atoms with E-state index < -0.39 is 6.04 Å². The molecule has 1 unspecified atom stereocenters. The number of nitrogens with zero attached hydrogens (tertiary/aromatic N) is 3. The van der Waals surface area contributed by atoms with E-state index in [-0.39, 0.29) is 17.8 Å². The molecule has 11 nitrogen and oxygen atoms in total. The largest absolute Gasteiger partial charge is 0.369 e. The van der Waals surface area contributed by atoms with Gasteiger partial charge >= 0.3 is 6.03 Å². The van der Waals surface area contributed by atoms with Crippen LogP contribution in [0.4, 0.5) is 27.9 Å². The highest BCUT2D eigenvalue weighted by Gasteiger charge is 2.26. The number of amides is 4. The Labute approximate surface area is 212 Å². The summed E-state index contributed by atoms with van der Waals surface area (Å²) in [5.74, 6) is 0.798. The van der Waals surface area contributed by atoms with Crippen LogP contribution in [0.25, 0.3) is 0 Å². The lowest BCUT2D eigenvalue weighted by Crippen LogP contribution is -2.42. The number of anilines is 4. The standard InChI is InChI=1S/C23H29BrN8O3/c24-17-14-27-22(28-15-5-3-6-16(13-15)29-23(35)32-11-1-2-12-32)31-20(17)25-9-4-10-26-21(34)18-7-8-19(33)30-18/h3,5-6,13-14,18H,1-2,4,7-12H2,(H,26,34)(H,29,35)(H,30,33)(H2,25,27,28,31). The fourth-order valence-electron chi connectivity index (χ4n) is 3.92. The molecule has 12 heteroatoms. The summed E-state index contributed by atoms with van der Waals surface area (Å²) < 4.78 is 0.715. The summed E-state index contributed by atoms with van der Waals surface area (Å²) in [6, 6.07) is 6.89. The lowest BCUT2D eigenvalue weighted by atomic mass is 10.2. The Morgan fingerprint density at radius 3 is 2.74 bits per heavy atom. The van der Waals surface area contributed by atoms with Crippen molar-refractivity contribution in [2.45, 2.75) is 38.1 Å². The van der Waals surface area contributed by atoms with Crippen molar-refractivity contribution < 1.29 is 14.4 Å². The first kappa shape index (κ1) is 24.7. The number of hydrogen-bond donors (Lipinski definition) is 5. The molecule has 0 bridgehead atoms. The summed E-state index contributed by atoms with van der Waals surface area (Å²) in [6.07, 6.45) is 5.36. The summed E-state index contributed by atoms with van der Waals surface area (Å²) in [7, 11) is 0. The molecule has 0 radical (unpaired) electrons. The SMILES string of the molecule is O=C1CCC(C(=O)NCCCNc2nc(Nc3cccc(NC(=O)N4CCCC4)c3)ncc2Br)N1. The molecule has 2 aromatic rings. The Kier molecular flexibility index (Phi) is 8.35. The van der Waals surface area contributed by atoms with Gasteiger partial charge in [-0.25, -0.2) is 9.78 Å². The second-order valence-electron chi connectivity index (χ2n) is 8.45. The van der Waals surface area contributed by atoms with Crippen LogP contribution >= 0.6 is 15.9 Å². The molecular weight excluding hydrogens is 516 g/mol. The first-order chi connectivity index (χ1) is 17.0. The van der Waals surface area contributed by atoms with Crippen LogP contribution in [0.5, 0.6) is 0 Å². The third-order valence-electron chi connectivity index (χ3n) is 5.76. The van der Waals surface area contributed by atoms with E-state index in [2.05, 4.69) is 52.5 Å². The molecule has 0 aliphatic carbocycles. The molecule has 1 aromatic heterocycles. The third kappa shape index (κ3) is 7.04. The number of nitrogens with one attached hydrogen (secondary N) is 5. The van der Waals surface area contributed by atoms with E-state index in [4.69, 9.17) is 0 Å². The molecule has 0 spiro atoms. The molecule has 0 saturated carbocycles. The molecule has 2 saturated heterocycles. The van der Waals surface area contributed by atoms with Gasteiger partial charge in [0.15, 0.2) is 0 Å². The normalized spacial score (nSPS) is 17.1. The smallest absolute Gasteiger partial charge is 0.321 e. The van der Waals surface area contributed by atoms with Crippen LogP contribution < -0.4 is 26.6 Å². The minimum Gasteiger partial charge on any atom is -0.369 e. The molecule has 3 heterocycles. The third-order valence-corrected chi connectivity index (χ3v) is 6.34. The number of urea groups is 1. The Hall–Kier alpha value is -3.41. The number of aromatic nitrogens is 2. The highest BCUT2D eigenvalue weighted by Crippen LogP contribution is 2.23. The maximum atomic E-state index is 12.3. The lowest BCUT2D eigenvalue weighted by Gasteiger charge is -2.16. The van der Waals surface area contributed by atoms with Gasteiger partial charge in [0, 0.05) is 50.2 Å². The Morgan fingerprint density at radius 2 is 1.97 bits per heavy atom. The maximum absolute atomic E-state index is 12.3. The van der Waals surface area contributed by atoms with E-state index in [0.717, 1.165) is 31.6 Å². The highest BCUT2D eigenvalue weighted by molar-refractivity contribution is 9.10. The molecule has 186 valence electrons. The van der Waals surface area contributed by atoms with Crippen LogP contribution in [0.2, 0.25) is 0 Å². The van der Waals surface area contributed by atoms with Crippen LogP contribution in [0.1, 0.15) is 32.1 Å². The average molecular weight is 545 g/mol. The van der Waals surface area contributed by atoms with Crippen LogP contribution in [0.15, 0.2) is 34.9 Å². The van der Waals surface area contributed by atoms with E-state index >= 15 is 0 Å². The van der Waals surface area contributed by atoms with Crippen LogP contribution in [0.3, 0.4) is 0 Å². The lowest BCUT2D eigenvalue weighted by molar-refractivity contribution is -0.125. The molecule has 4 rings (SSSR count).